The Morgan fingerprint density at radius 1 is 1.14 bits per heavy atom. The summed E-state index contributed by atoms with van der Waals surface area (Å²) in [5, 5.41) is 0.608. The van der Waals surface area contributed by atoms with Gasteiger partial charge in [-0.2, -0.15) is 0 Å². The molecule has 0 radical (unpaired) electrons. The highest BCUT2D eigenvalue weighted by molar-refractivity contribution is 7.90. The summed E-state index contributed by atoms with van der Waals surface area (Å²) in [6.45, 7) is 4.36. The summed E-state index contributed by atoms with van der Waals surface area (Å²) >= 11 is 6.63. The summed E-state index contributed by atoms with van der Waals surface area (Å²) in [5.74, 6) is 0.849. The molecular weight excluding hydrogens is 498 g/mol. The molecule has 2 aromatic carbocycles. The first kappa shape index (κ1) is 26.5. The minimum atomic E-state index is -3.68. The minimum absolute atomic E-state index is 0.0647. The van der Waals surface area contributed by atoms with Crippen molar-refractivity contribution in [1.82, 2.24) is 14.3 Å². The van der Waals surface area contributed by atoms with Gasteiger partial charge in [0.25, 0.3) is 5.91 Å². The molecule has 0 saturated heterocycles. The SMILES string of the molecule is CCCCCS(=O)(=O)NC(=O)c1ccc2nc(C)n(Cc3ccc(OC4CCCCC4)cc3Cl)c2c1. The first-order valence-corrected chi connectivity index (χ1v) is 14.8. The van der Waals surface area contributed by atoms with Gasteiger partial charge in [-0.15, -0.1) is 0 Å². The molecule has 1 fully saturated rings. The molecule has 36 heavy (non-hydrogen) atoms. The predicted octanol–water partition coefficient (Wildman–Crippen LogP) is 6.01. The second-order valence-electron chi connectivity index (χ2n) is 9.54. The lowest BCUT2D eigenvalue weighted by Gasteiger charge is -2.23. The molecular formula is C27H34ClN3O4S. The second kappa shape index (κ2) is 11.6. The van der Waals surface area contributed by atoms with Crippen molar-refractivity contribution in [3.8, 4) is 5.75 Å². The number of unbranched alkanes of at least 4 members (excludes halogenated alkanes) is 2. The number of aromatic nitrogens is 2. The maximum Gasteiger partial charge on any atom is 0.264 e. The molecule has 1 N–H and O–H groups in total. The molecule has 0 spiro atoms. The van der Waals surface area contributed by atoms with Crippen LogP contribution in [0.25, 0.3) is 11.0 Å². The Balaban J connectivity index is 1.52. The molecule has 1 aromatic heterocycles. The van der Waals surface area contributed by atoms with Gasteiger partial charge in [0.2, 0.25) is 10.0 Å². The van der Waals surface area contributed by atoms with Crippen LogP contribution in [-0.4, -0.2) is 35.7 Å². The number of carbonyl (C=O) groups excluding carboxylic acids is 1. The number of hydrogen-bond acceptors (Lipinski definition) is 5. The van der Waals surface area contributed by atoms with E-state index >= 15 is 0 Å². The van der Waals surface area contributed by atoms with Crippen molar-refractivity contribution in [3.05, 3.63) is 58.4 Å². The highest BCUT2D eigenvalue weighted by Gasteiger charge is 2.19. The van der Waals surface area contributed by atoms with E-state index in [1.807, 2.05) is 36.6 Å². The van der Waals surface area contributed by atoms with Gasteiger partial charge in [0, 0.05) is 10.6 Å². The molecule has 1 aliphatic rings. The van der Waals surface area contributed by atoms with Crippen molar-refractivity contribution in [2.24, 2.45) is 0 Å². The fourth-order valence-corrected chi connectivity index (χ4v) is 5.97. The summed E-state index contributed by atoms with van der Waals surface area (Å²) in [6, 6.07) is 10.8. The largest absolute Gasteiger partial charge is 0.490 e. The molecule has 1 aliphatic carbocycles. The molecule has 194 valence electrons. The van der Waals surface area contributed by atoms with Crippen LogP contribution in [0.3, 0.4) is 0 Å². The Morgan fingerprint density at radius 3 is 2.64 bits per heavy atom. The molecule has 3 aromatic rings. The topological polar surface area (TPSA) is 90.3 Å². The second-order valence-corrected chi connectivity index (χ2v) is 11.8. The van der Waals surface area contributed by atoms with Crippen molar-refractivity contribution in [2.75, 3.05) is 5.75 Å². The molecule has 0 unspecified atom stereocenters. The Labute approximate surface area is 218 Å². The molecule has 0 bridgehead atoms. The van der Waals surface area contributed by atoms with Gasteiger partial charge in [-0.25, -0.2) is 18.1 Å². The van der Waals surface area contributed by atoms with Crippen LogP contribution in [0.4, 0.5) is 0 Å². The number of carbonyl (C=O) groups is 1. The van der Waals surface area contributed by atoms with Crippen LogP contribution in [0.1, 0.15) is 80.0 Å². The van der Waals surface area contributed by atoms with Gasteiger partial charge < -0.3 is 9.30 Å². The normalized spacial score (nSPS) is 14.8. The quantitative estimate of drug-likeness (QED) is 0.324. The van der Waals surface area contributed by atoms with Crippen molar-refractivity contribution < 1.29 is 17.9 Å². The molecule has 1 heterocycles. The number of rotatable bonds is 10. The molecule has 1 amide bonds. The molecule has 9 heteroatoms. The fraction of sp³-hybridized carbons (Fsp3) is 0.481. The van der Waals surface area contributed by atoms with E-state index in [-0.39, 0.29) is 17.4 Å². The first-order chi connectivity index (χ1) is 17.3. The van der Waals surface area contributed by atoms with E-state index in [0.717, 1.165) is 53.9 Å². The zero-order valence-corrected chi connectivity index (χ0v) is 22.5. The van der Waals surface area contributed by atoms with E-state index in [1.54, 1.807) is 18.2 Å². The van der Waals surface area contributed by atoms with Crippen LogP contribution in [0.5, 0.6) is 5.75 Å². The highest BCUT2D eigenvalue weighted by atomic mass is 35.5. The first-order valence-electron chi connectivity index (χ1n) is 12.7. The fourth-order valence-electron chi connectivity index (χ4n) is 4.65. The number of hydrogen-bond donors (Lipinski definition) is 1. The van der Waals surface area contributed by atoms with Crippen LogP contribution in [0, 0.1) is 6.92 Å². The maximum atomic E-state index is 12.7. The lowest BCUT2D eigenvalue weighted by atomic mass is 9.98. The number of fused-ring (bicyclic) bond motifs is 1. The van der Waals surface area contributed by atoms with E-state index in [9.17, 15) is 13.2 Å². The van der Waals surface area contributed by atoms with Crippen molar-refractivity contribution in [2.45, 2.75) is 77.9 Å². The van der Waals surface area contributed by atoms with Gasteiger partial charge in [0.1, 0.15) is 11.6 Å². The third-order valence-corrected chi connectivity index (χ3v) is 8.35. The number of sulfonamides is 1. The monoisotopic (exact) mass is 531 g/mol. The number of benzene rings is 2. The van der Waals surface area contributed by atoms with Crippen LogP contribution in [-0.2, 0) is 16.6 Å². The zero-order chi connectivity index (χ0) is 25.7. The van der Waals surface area contributed by atoms with E-state index in [1.165, 1.54) is 19.3 Å². The van der Waals surface area contributed by atoms with E-state index in [4.69, 9.17) is 16.3 Å². The summed E-state index contributed by atoms with van der Waals surface area (Å²) in [7, 11) is -3.68. The Bertz CT molecular complexity index is 1330. The number of imidazole rings is 1. The van der Waals surface area contributed by atoms with Crippen LogP contribution in [0.2, 0.25) is 5.02 Å². The van der Waals surface area contributed by atoms with Gasteiger partial charge in [-0.3, -0.25) is 4.79 Å². The van der Waals surface area contributed by atoms with E-state index in [2.05, 4.69) is 9.71 Å². The standard InChI is InChI=1S/C27H34ClN3O4S/c1-3-4-8-15-36(33,34)30-27(32)20-12-14-25-26(16-20)31(19(2)29-25)18-21-11-13-23(17-24(21)28)35-22-9-6-5-7-10-22/h11-14,16-17,22H,3-10,15,18H2,1-2H3,(H,30,32). The van der Waals surface area contributed by atoms with Crippen molar-refractivity contribution in [3.63, 3.8) is 0 Å². The van der Waals surface area contributed by atoms with Crippen LogP contribution < -0.4 is 9.46 Å². The number of aryl methyl sites for hydroxylation is 1. The summed E-state index contributed by atoms with van der Waals surface area (Å²) < 4.78 is 34.9. The smallest absolute Gasteiger partial charge is 0.264 e. The van der Waals surface area contributed by atoms with E-state index in [0.29, 0.717) is 18.0 Å². The summed E-state index contributed by atoms with van der Waals surface area (Å²) in [4.78, 5) is 17.3. The number of halogens is 1. The maximum absolute atomic E-state index is 12.7. The van der Waals surface area contributed by atoms with Crippen LogP contribution >= 0.6 is 11.6 Å². The lowest BCUT2D eigenvalue weighted by Crippen LogP contribution is -2.32. The molecule has 0 aliphatic heterocycles. The molecule has 1 saturated carbocycles. The van der Waals surface area contributed by atoms with Crippen LogP contribution in [0.15, 0.2) is 36.4 Å². The predicted molar refractivity (Wildman–Crippen MR) is 143 cm³/mol. The summed E-state index contributed by atoms with van der Waals surface area (Å²) in [5.41, 5.74) is 2.64. The number of ether oxygens (including phenoxy) is 1. The Hall–Kier alpha value is -2.58. The summed E-state index contributed by atoms with van der Waals surface area (Å²) in [6.07, 6.45) is 8.32. The molecule has 4 rings (SSSR count). The zero-order valence-electron chi connectivity index (χ0n) is 20.9. The van der Waals surface area contributed by atoms with E-state index < -0.39 is 15.9 Å². The highest BCUT2D eigenvalue weighted by Crippen LogP contribution is 2.29. The number of nitrogens with one attached hydrogen (secondary N) is 1. The Kier molecular flexibility index (Phi) is 8.57. The average molecular weight is 532 g/mol. The minimum Gasteiger partial charge on any atom is -0.490 e. The lowest BCUT2D eigenvalue weighted by molar-refractivity contribution is 0.0981. The third-order valence-electron chi connectivity index (χ3n) is 6.67. The third kappa shape index (κ3) is 6.59. The van der Waals surface area contributed by atoms with Gasteiger partial charge in [0.05, 0.1) is 29.4 Å². The van der Waals surface area contributed by atoms with Gasteiger partial charge in [-0.1, -0.05) is 43.9 Å². The van der Waals surface area contributed by atoms with Crippen molar-refractivity contribution in [1.29, 1.82) is 0 Å². The Morgan fingerprint density at radius 2 is 1.92 bits per heavy atom. The van der Waals surface area contributed by atoms with Gasteiger partial charge in [-0.05, 0) is 74.9 Å². The number of amides is 1. The molecule has 7 nitrogen and oxygen atoms in total. The van der Waals surface area contributed by atoms with Crippen molar-refractivity contribution >= 4 is 38.6 Å². The van der Waals surface area contributed by atoms with Gasteiger partial charge in [0.15, 0.2) is 0 Å². The number of nitrogens with zero attached hydrogens (tertiary/aromatic N) is 2. The average Bonchev–Trinajstić information content (AvgIpc) is 3.15. The molecule has 0 atom stereocenters. The van der Waals surface area contributed by atoms with Gasteiger partial charge >= 0.3 is 0 Å².